The lowest BCUT2D eigenvalue weighted by atomic mass is 9.67. The van der Waals surface area contributed by atoms with E-state index in [1.165, 1.54) is 38.8 Å². The van der Waals surface area contributed by atoms with Gasteiger partial charge in [-0.3, -0.25) is 4.57 Å². The van der Waals surface area contributed by atoms with Crippen LogP contribution in [0, 0.1) is 0 Å². The van der Waals surface area contributed by atoms with E-state index in [1.807, 2.05) is 0 Å². The van der Waals surface area contributed by atoms with Gasteiger partial charge in [0.2, 0.25) is 0 Å². The second-order valence-corrected chi connectivity index (χ2v) is 14.8. The lowest BCUT2D eigenvalue weighted by Crippen LogP contribution is -2.28. The van der Waals surface area contributed by atoms with Crippen LogP contribution in [0.5, 0.6) is 0 Å². The minimum absolute atomic E-state index is 0.472. The Kier molecular flexibility index (Phi) is 7.36. The molecular weight excluding hydrogens is 679 g/mol. The molecule has 0 atom stereocenters. The standard InChI is InChI=1S/C53H37N3/c1-2-51-54-49-26-13-14-27-50(49)56(51)40-30-28-35(29-31-40)36-16-15-17-37(32-36)52-45-33-44-41-22-9-11-24-46(41)53(38-18-5-3-6-19-38,39-20-7-4-8-21-39)47(44)34-43(45)42-23-10-12-25-48(42)55-52/h3-34H,2H2,1H3. The zero-order valence-corrected chi connectivity index (χ0v) is 31.0. The molecule has 0 saturated heterocycles. The topological polar surface area (TPSA) is 30.7 Å². The first kappa shape index (κ1) is 32.3. The van der Waals surface area contributed by atoms with Crippen LogP contribution in [0.1, 0.15) is 35.0 Å². The van der Waals surface area contributed by atoms with Crippen LogP contribution >= 0.6 is 0 Å². The third-order valence-electron chi connectivity index (χ3n) is 11.8. The van der Waals surface area contributed by atoms with Gasteiger partial charge in [-0.2, -0.15) is 0 Å². The summed E-state index contributed by atoms with van der Waals surface area (Å²) < 4.78 is 2.28. The molecule has 3 nitrogen and oxygen atoms in total. The third kappa shape index (κ3) is 4.77. The average Bonchev–Trinajstić information content (AvgIpc) is 3.80. The number of hydrogen-bond donors (Lipinski definition) is 0. The molecule has 0 aliphatic heterocycles. The molecule has 0 N–H and O–H groups in total. The van der Waals surface area contributed by atoms with Gasteiger partial charge in [-0.25, -0.2) is 9.97 Å². The van der Waals surface area contributed by atoms with Gasteiger partial charge in [-0.1, -0.05) is 153 Å². The van der Waals surface area contributed by atoms with Gasteiger partial charge >= 0.3 is 0 Å². The van der Waals surface area contributed by atoms with Crippen LogP contribution in [-0.4, -0.2) is 14.5 Å². The molecule has 0 saturated carbocycles. The Hall–Kier alpha value is -7.10. The van der Waals surface area contributed by atoms with Crippen molar-refractivity contribution in [1.29, 1.82) is 0 Å². The molecule has 0 amide bonds. The quantitative estimate of drug-likeness (QED) is 0.161. The molecule has 0 radical (unpaired) electrons. The van der Waals surface area contributed by atoms with Gasteiger partial charge in [0.1, 0.15) is 5.82 Å². The number of fused-ring (bicyclic) bond motifs is 7. The first-order chi connectivity index (χ1) is 27.7. The minimum atomic E-state index is -0.472. The Bertz CT molecular complexity index is 3070. The summed E-state index contributed by atoms with van der Waals surface area (Å²) in [6.45, 7) is 2.16. The van der Waals surface area contributed by atoms with Crippen molar-refractivity contribution in [2.45, 2.75) is 18.8 Å². The number of nitrogens with zero attached hydrogens (tertiary/aromatic N) is 3. The molecule has 0 fully saturated rings. The number of benzene rings is 8. The Labute approximate surface area is 326 Å². The van der Waals surface area contributed by atoms with Crippen LogP contribution in [0.3, 0.4) is 0 Å². The smallest absolute Gasteiger partial charge is 0.114 e. The van der Waals surface area contributed by atoms with E-state index in [9.17, 15) is 0 Å². The van der Waals surface area contributed by atoms with E-state index < -0.39 is 5.41 Å². The molecule has 10 aromatic rings. The van der Waals surface area contributed by atoms with E-state index in [-0.39, 0.29) is 0 Å². The van der Waals surface area contributed by atoms with Crippen LogP contribution in [0.15, 0.2) is 194 Å². The highest BCUT2D eigenvalue weighted by atomic mass is 15.1. The summed E-state index contributed by atoms with van der Waals surface area (Å²) >= 11 is 0. The van der Waals surface area contributed by atoms with Crippen molar-refractivity contribution in [3.8, 4) is 39.2 Å². The molecule has 2 heterocycles. The van der Waals surface area contributed by atoms with Crippen LogP contribution < -0.4 is 0 Å². The molecule has 2 aromatic heterocycles. The maximum absolute atomic E-state index is 5.43. The van der Waals surface area contributed by atoms with E-state index in [2.05, 4.69) is 206 Å². The Morgan fingerprint density at radius 2 is 1.11 bits per heavy atom. The van der Waals surface area contributed by atoms with E-state index in [0.29, 0.717) is 0 Å². The number of hydrogen-bond acceptors (Lipinski definition) is 2. The van der Waals surface area contributed by atoms with Gasteiger partial charge in [0, 0.05) is 28.4 Å². The summed E-state index contributed by atoms with van der Waals surface area (Å²) in [5, 5.41) is 3.52. The summed E-state index contributed by atoms with van der Waals surface area (Å²) in [6, 6.07) is 70.7. The Morgan fingerprint density at radius 1 is 0.446 bits per heavy atom. The van der Waals surface area contributed by atoms with Crippen LogP contribution in [-0.2, 0) is 11.8 Å². The number of para-hydroxylation sites is 3. The van der Waals surface area contributed by atoms with Gasteiger partial charge < -0.3 is 0 Å². The van der Waals surface area contributed by atoms with Gasteiger partial charge in [-0.05, 0) is 98.4 Å². The SMILES string of the molecule is CCc1nc2ccccc2n1-c1ccc(-c2cccc(-c3nc4ccccc4c4cc5c(cc34)-c3ccccc3C5(c3ccccc3)c3ccccc3)c2)cc1. The van der Waals surface area contributed by atoms with Gasteiger partial charge in [0.05, 0.1) is 27.7 Å². The van der Waals surface area contributed by atoms with E-state index in [4.69, 9.17) is 9.97 Å². The van der Waals surface area contributed by atoms with Crippen molar-refractivity contribution in [1.82, 2.24) is 14.5 Å². The Morgan fingerprint density at radius 3 is 1.88 bits per heavy atom. The molecule has 264 valence electrons. The average molecular weight is 716 g/mol. The lowest BCUT2D eigenvalue weighted by molar-refractivity contribution is 0.769. The maximum atomic E-state index is 5.43. The molecule has 0 spiro atoms. The fourth-order valence-corrected chi connectivity index (χ4v) is 9.36. The maximum Gasteiger partial charge on any atom is 0.114 e. The fourth-order valence-electron chi connectivity index (χ4n) is 9.36. The lowest BCUT2D eigenvalue weighted by Gasteiger charge is -2.34. The summed E-state index contributed by atoms with van der Waals surface area (Å²) in [4.78, 5) is 10.3. The second kappa shape index (κ2) is 12.8. The predicted molar refractivity (Wildman–Crippen MR) is 231 cm³/mol. The number of imidazole rings is 1. The molecule has 0 unspecified atom stereocenters. The number of aryl methyl sites for hydroxylation is 1. The Balaban J connectivity index is 1.11. The minimum Gasteiger partial charge on any atom is -0.296 e. The van der Waals surface area contributed by atoms with E-state index >= 15 is 0 Å². The largest absolute Gasteiger partial charge is 0.296 e. The summed E-state index contributed by atoms with van der Waals surface area (Å²) in [6.07, 6.45) is 0.861. The third-order valence-corrected chi connectivity index (χ3v) is 11.8. The highest BCUT2D eigenvalue weighted by Gasteiger charge is 2.46. The molecule has 1 aliphatic carbocycles. The first-order valence-corrected chi connectivity index (χ1v) is 19.5. The molecule has 0 bridgehead atoms. The molecule has 11 rings (SSSR count). The van der Waals surface area contributed by atoms with Crippen LogP contribution in [0.25, 0.3) is 71.9 Å². The first-order valence-electron chi connectivity index (χ1n) is 19.5. The monoisotopic (exact) mass is 715 g/mol. The van der Waals surface area contributed by atoms with Crippen molar-refractivity contribution in [3.05, 3.63) is 222 Å². The fraction of sp³-hybridized carbons (Fsp3) is 0.0566. The number of rotatable bonds is 6. The van der Waals surface area contributed by atoms with Crippen molar-refractivity contribution >= 4 is 32.7 Å². The highest BCUT2D eigenvalue weighted by molar-refractivity contribution is 6.13. The zero-order chi connectivity index (χ0) is 37.2. The molecule has 56 heavy (non-hydrogen) atoms. The van der Waals surface area contributed by atoms with Crippen LogP contribution in [0.2, 0.25) is 0 Å². The van der Waals surface area contributed by atoms with Gasteiger partial charge in [-0.15, -0.1) is 0 Å². The van der Waals surface area contributed by atoms with E-state index in [0.717, 1.165) is 67.6 Å². The van der Waals surface area contributed by atoms with Gasteiger partial charge in [0.15, 0.2) is 0 Å². The predicted octanol–water partition coefficient (Wildman–Crippen LogP) is 13.0. The molecule has 1 aliphatic rings. The van der Waals surface area contributed by atoms with Gasteiger partial charge in [0.25, 0.3) is 0 Å². The molecular formula is C53H37N3. The van der Waals surface area contributed by atoms with Crippen molar-refractivity contribution in [3.63, 3.8) is 0 Å². The van der Waals surface area contributed by atoms with Crippen molar-refractivity contribution in [2.75, 3.05) is 0 Å². The summed E-state index contributed by atoms with van der Waals surface area (Å²) in [7, 11) is 0. The van der Waals surface area contributed by atoms with Crippen molar-refractivity contribution < 1.29 is 0 Å². The van der Waals surface area contributed by atoms with Crippen molar-refractivity contribution in [2.24, 2.45) is 0 Å². The van der Waals surface area contributed by atoms with E-state index in [1.54, 1.807) is 0 Å². The number of aromatic nitrogens is 3. The zero-order valence-electron chi connectivity index (χ0n) is 31.0. The van der Waals surface area contributed by atoms with Crippen LogP contribution in [0.4, 0.5) is 0 Å². The highest BCUT2D eigenvalue weighted by Crippen LogP contribution is 2.57. The number of pyridine rings is 1. The normalized spacial score (nSPS) is 12.9. The summed E-state index contributed by atoms with van der Waals surface area (Å²) in [5.41, 5.74) is 15.9. The summed E-state index contributed by atoms with van der Waals surface area (Å²) in [5.74, 6) is 1.06. The molecule has 8 aromatic carbocycles. The second-order valence-electron chi connectivity index (χ2n) is 14.8. The molecule has 3 heteroatoms.